The molecule has 0 bridgehead atoms. The van der Waals surface area contributed by atoms with Gasteiger partial charge in [0.05, 0.1) is 0 Å². The Morgan fingerprint density at radius 2 is 1.17 bits per heavy atom. The second-order valence-corrected chi connectivity index (χ2v) is 0.402. The van der Waals surface area contributed by atoms with Gasteiger partial charge in [-0.3, -0.25) is 0 Å². The molecule has 0 aromatic heterocycles. The van der Waals surface area contributed by atoms with E-state index in [1.807, 2.05) is 0 Å². The topological polar surface area (TPSA) is 69.1 Å². The molecular weight excluding hydrogens is 69.9 g/mol. The number of rotatable bonds is 0. The van der Waals surface area contributed by atoms with E-state index in [2.05, 4.69) is 11.5 Å². The van der Waals surface area contributed by atoms with Gasteiger partial charge in [0.1, 0.15) is 0 Å². The van der Waals surface area contributed by atoms with Crippen molar-refractivity contribution in [2.45, 2.75) is 0 Å². The first-order valence-corrected chi connectivity index (χ1v) is 0.781. The maximum absolute atomic E-state index is 9.00. The van der Waals surface area contributed by atoms with Crippen LogP contribution in [0.1, 0.15) is 0 Å². The second-order valence-electron chi connectivity index (χ2n) is 0.402. The molecule has 0 radical (unpaired) electrons. The quantitative estimate of drug-likeness (QED) is 0.275. The van der Waals surface area contributed by atoms with Crippen molar-refractivity contribution < 1.29 is 42.5 Å². The molecule has 24 valence electrons. The van der Waals surface area contributed by atoms with Crippen molar-refractivity contribution in [1.29, 1.82) is 0 Å². The summed E-state index contributed by atoms with van der Waals surface area (Å²) in [5, 5.41) is 0. The molecular formula is CH4Li2N2O+2. The van der Waals surface area contributed by atoms with Crippen LogP contribution in [0.2, 0.25) is 0 Å². The first-order chi connectivity index (χ1) is 1.73. The van der Waals surface area contributed by atoms with E-state index < -0.39 is 6.03 Å². The van der Waals surface area contributed by atoms with Crippen molar-refractivity contribution >= 4 is 6.03 Å². The van der Waals surface area contributed by atoms with Gasteiger partial charge in [-0.1, -0.05) is 0 Å². The van der Waals surface area contributed by atoms with E-state index >= 15 is 0 Å². The summed E-state index contributed by atoms with van der Waals surface area (Å²) in [7, 11) is 0. The molecule has 0 aliphatic carbocycles. The minimum Gasteiger partial charge on any atom is -0.352 e. The molecule has 0 aromatic rings. The average molecular weight is 73.9 g/mol. The van der Waals surface area contributed by atoms with E-state index in [9.17, 15) is 0 Å². The number of amides is 2. The summed E-state index contributed by atoms with van der Waals surface area (Å²) in [6.07, 6.45) is 0. The number of carbonyl (C=O) groups excluding carboxylic acids is 1. The van der Waals surface area contributed by atoms with E-state index in [1.54, 1.807) is 0 Å². The number of nitrogens with two attached hydrogens (primary N) is 2. The third kappa shape index (κ3) is 248. The molecule has 0 fully saturated rings. The van der Waals surface area contributed by atoms with Gasteiger partial charge in [0, 0.05) is 0 Å². The Balaban J connectivity index is -0.0000000450. The molecule has 3 nitrogen and oxygen atoms in total. The monoisotopic (exact) mass is 74.1 g/mol. The fourth-order valence-corrected chi connectivity index (χ4v) is 0. The van der Waals surface area contributed by atoms with Crippen LogP contribution in [0, 0.1) is 0 Å². The van der Waals surface area contributed by atoms with Gasteiger partial charge in [0.2, 0.25) is 0 Å². The molecule has 0 aromatic carbocycles. The van der Waals surface area contributed by atoms with Crippen molar-refractivity contribution in [2.75, 3.05) is 0 Å². The van der Waals surface area contributed by atoms with Gasteiger partial charge in [0.25, 0.3) is 0 Å². The predicted molar refractivity (Wildman–Crippen MR) is 13.8 cm³/mol. The van der Waals surface area contributed by atoms with E-state index in [4.69, 9.17) is 4.79 Å². The SMILES string of the molecule is NC(N)=O.[Li+].[Li+]. The summed E-state index contributed by atoms with van der Waals surface area (Å²) < 4.78 is 0. The van der Waals surface area contributed by atoms with Crippen molar-refractivity contribution in [1.82, 2.24) is 0 Å². The zero-order valence-electron chi connectivity index (χ0n) is 4.06. The zero-order chi connectivity index (χ0) is 3.58. The number of primary amides is 2. The van der Waals surface area contributed by atoms with Crippen molar-refractivity contribution in [2.24, 2.45) is 11.5 Å². The molecule has 6 heavy (non-hydrogen) atoms. The van der Waals surface area contributed by atoms with Crippen LogP contribution in [0.3, 0.4) is 0 Å². The van der Waals surface area contributed by atoms with Gasteiger partial charge < -0.3 is 11.5 Å². The number of hydrogen-bond donors (Lipinski definition) is 2. The van der Waals surface area contributed by atoms with Crippen LogP contribution in [-0.4, -0.2) is 6.03 Å². The van der Waals surface area contributed by atoms with E-state index in [1.165, 1.54) is 0 Å². The van der Waals surface area contributed by atoms with Crippen molar-refractivity contribution in [3.8, 4) is 0 Å². The standard InChI is InChI=1S/CH4N2O.2Li/c2-1(3)4;;/h(H4,2,3,4);;/q;2*+1. The van der Waals surface area contributed by atoms with Gasteiger partial charge in [-0.25, -0.2) is 4.79 Å². The first-order valence-electron chi connectivity index (χ1n) is 0.781. The Hall–Kier alpha value is 0.465. The first kappa shape index (κ1) is 16.1. The van der Waals surface area contributed by atoms with Crippen LogP contribution in [0.25, 0.3) is 0 Å². The molecule has 0 unspecified atom stereocenters. The third-order valence-corrected chi connectivity index (χ3v) is 0. The Morgan fingerprint density at radius 1 is 1.17 bits per heavy atom. The summed E-state index contributed by atoms with van der Waals surface area (Å²) in [5.74, 6) is 0. The smallest absolute Gasteiger partial charge is 0.352 e. The Labute approximate surface area is 60.2 Å². The molecule has 0 spiro atoms. The normalized spacial score (nSPS) is 4.00. The predicted octanol–water partition coefficient (Wildman–Crippen LogP) is -6.97. The molecule has 5 heteroatoms. The minimum atomic E-state index is -0.833. The van der Waals surface area contributed by atoms with Gasteiger partial charge >= 0.3 is 43.8 Å². The molecule has 0 aliphatic rings. The van der Waals surface area contributed by atoms with Crippen LogP contribution in [0.4, 0.5) is 4.79 Å². The summed E-state index contributed by atoms with van der Waals surface area (Å²) in [4.78, 5) is 9.00. The van der Waals surface area contributed by atoms with Gasteiger partial charge in [0.15, 0.2) is 0 Å². The molecule has 4 N–H and O–H groups in total. The van der Waals surface area contributed by atoms with E-state index in [0.29, 0.717) is 0 Å². The summed E-state index contributed by atoms with van der Waals surface area (Å²) in [5.41, 5.74) is 8.50. The van der Waals surface area contributed by atoms with E-state index in [0.717, 1.165) is 0 Å². The number of hydrogen-bond acceptors (Lipinski definition) is 1. The summed E-state index contributed by atoms with van der Waals surface area (Å²) in [6, 6.07) is -0.833. The van der Waals surface area contributed by atoms with Crippen LogP contribution >= 0.6 is 0 Å². The Bertz CT molecular complexity index is 34.5. The summed E-state index contributed by atoms with van der Waals surface area (Å²) >= 11 is 0. The summed E-state index contributed by atoms with van der Waals surface area (Å²) in [6.45, 7) is 0. The zero-order valence-corrected chi connectivity index (χ0v) is 4.06. The average Bonchev–Trinajstić information content (AvgIpc) is 0.811. The van der Waals surface area contributed by atoms with Gasteiger partial charge in [-0.2, -0.15) is 0 Å². The Kier molecular flexibility index (Phi) is 24.3. The van der Waals surface area contributed by atoms with Crippen LogP contribution in [0.15, 0.2) is 0 Å². The minimum absolute atomic E-state index is 0. The second kappa shape index (κ2) is 9.07. The Morgan fingerprint density at radius 3 is 1.17 bits per heavy atom. The molecule has 0 atom stereocenters. The van der Waals surface area contributed by atoms with Gasteiger partial charge in [-0.15, -0.1) is 0 Å². The largest absolute Gasteiger partial charge is 1.00 e. The maximum Gasteiger partial charge on any atom is 1.00 e. The molecule has 0 rings (SSSR count). The fourth-order valence-electron chi connectivity index (χ4n) is 0. The third-order valence-electron chi connectivity index (χ3n) is 0. The van der Waals surface area contributed by atoms with Gasteiger partial charge in [-0.05, 0) is 0 Å². The van der Waals surface area contributed by atoms with Crippen LogP contribution in [-0.2, 0) is 0 Å². The molecule has 0 heterocycles. The van der Waals surface area contributed by atoms with Crippen LogP contribution in [0.5, 0.6) is 0 Å². The van der Waals surface area contributed by atoms with Crippen molar-refractivity contribution in [3.05, 3.63) is 0 Å². The van der Waals surface area contributed by atoms with E-state index in [-0.39, 0.29) is 37.7 Å². The number of carbonyl (C=O) groups is 1. The molecule has 0 aliphatic heterocycles. The molecule has 0 saturated heterocycles. The number of urea groups is 1. The molecule has 0 saturated carbocycles. The van der Waals surface area contributed by atoms with Crippen molar-refractivity contribution in [3.63, 3.8) is 0 Å². The molecule has 2 amide bonds. The maximum atomic E-state index is 9.00. The fraction of sp³-hybridized carbons (Fsp3) is 0. The van der Waals surface area contributed by atoms with Crippen LogP contribution < -0.4 is 49.2 Å².